The van der Waals surface area contributed by atoms with Gasteiger partial charge in [-0.15, -0.1) is 3.63 Å². The normalized spacial score (nSPS) is 13.1. The van der Waals surface area contributed by atoms with Crippen LogP contribution in [0.5, 0.6) is 0 Å². The fourth-order valence-electron chi connectivity index (χ4n) is 0.694. The lowest BCUT2D eigenvalue weighted by molar-refractivity contribution is 0.383. The van der Waals surface area contributed by atoms with E-state index in [9.17, 15) is 16.8 Å². The summed E-state index contributed by atoms with van der Waals surface area (Å²) in [6.45, 7) is 1.87. The van der Waals surface area contributed by atoms with Crippen LogP contribution in [-0.2, 0) is 24.1 Å². The van der Waals surface area contributed by atoms with Crippen molar-refractivity contribution < 1.29 is 25.0 Å². The van der Waals surface area contributed by atoms with Gasteiger partial charge in [0.15, 0.2) is 0 Å². The Morgan fingerprint density at radius 2 is 1.69 bits per heavy atom. The molecule has 0 aliphatic rings. The van der Waals surface area contributed by atoms with Gasteiger partial charge in [-0.3, -0.25) is 4.55 Å². The van der Waals surface area contributed by atoms with Gasteiger partial charge in [0, 0.05) is 0 Å². The Kier molecular flexibility index (Phi) is 4.82. The second-order valence-corrected chi connectivity index (χ2v) is 5.39. The summed E-state index contributed by atoms with van der Waals surface area (Å²) in [6.07, 6.45) is 1.78. The Morgan fingerprint density at radius 3 is 2.08 bits per heavy atom. The maximum Gasteiger partial charge on any atom is 0.412 e. The van der Waals surface area contributed by atoms with Gasteiger partial charge in [0.1, 0.15) is 0 Å². The standard InChI is InChI=1S/C5H12O6S2/c1-2-3-4-5-12(6,7)11-13(8,9)10/h2-5H2,1H3,(H,8,9,10). The van der Waals surface area contributed by atoms with Crippen LogP contribution in [0, 0.1) is 0 Å². The predicted octanol–water partition coefficient (Wildman–Crippen LogP) is 0.326. The highest BCUT2D eigenvalue weighted by Gasteiger charge is 2.19. The van der Waals surface area contributed by atoms with E-state index in [2.05, 4.69) is 3.63 Å². The third-order valence-electron chi connectivity index (χ3n) is 1.19. The van der Waals surface area contributed by atoms with Crippen LogP contribution in [-0.4, -0.2) is 27.1 Å². The third-order valence-corrected chi connectivity index (χ3v) is 3.49. The van der Waals surface area contributed by atoms with Crippen LogP contribution in [0.15, 0.2) is 0 Å². The van der Waals surface area contributed by atoms with Crippen molar-refractivity contribution in [3.8, 4) is 0 Å². The van der Waals surface area contributed by atoms with E-state index in [1.165, 1.54) is 0 Å². The molecule has 13 heavy (non-hydrogen) atoms. The Bertz CT molecular complexity index is 326. The fourth-order valence-corrected chi connectivity index (χ4v) is 2.57. The summed E-state index contributed by atoms with van der Waals surface area (Å²) in [7, 11) is -9.06. The van der Waals surface area contributed by atoms with Crippen molar-refractivity contribution in [3.63, 3.8) is 0 Å². The smallest absolute Gasteiger partial charge is 0.263 e. The number of rotatable bonds is 6. The molecule has 0 unspecified atom stereocenters. The number of hydrogen-bond acceptors (Lipinski definition) is 5. The molecule has 0 radical (unpaired) electrons. The van der Waals surface area contributed by atoms with Crippen LogP contribution in [0.1, 0.15) is 26.2 Å². The minimum absolute atomic E-state index is 0.314. The van der Waals surface area contributed by atoms with Crippen molar-refractivity contribution >= 4 is 20.5 Å². The molecule has 0 aromatic rings. The SMILES string of the molecule is CCCCCS(=O)(=O)OS(=O)(=O)O. The van der Waals surface area contributed by atoms with E-state index < -0.39 is 26.3 Å². The molecule has 0 amide bonds. The summed E-state index contributed by atoms with van der Waals surface area (Å²) >= 11 is 0. The van der Waals surface area contributed by atoms with E-state index in [1.54, 1.807) is 0 Å². The Hall–Kier alpha value is -0.180. The highest BCUT2D eigenvalue weighted by molar-refractivity contribution is 7.97. The van der Waals surface area contributed by atoms with Gasteiger partial charge in [-0.2, -0.15) is 16.8 Å². The van der Waals surface area contributed by atoms with Gasteiger partial charge < -0.3 is 0 Å². The maximum atomic E-state index is 10.8. The van der Waals surface area contributed by atoms with E-state index in [-0.39, 0.29) is 0 Å². The lowest BCUT2D eigenvalue weighted by Crippen LogP contribution is -2.15. The molecular formula is C5H12O6S2. The monoisotopic (exact) mass is 232 g/mol. The van der Waals surface area contributed by atoms with Crippen molar-refractivity contribution in [2.75, 3.05) is 5.75 Å². The lowest BCUT2D eigenvalue weighted by atomic mass is 10.3. The zero-order chi connectivity index (χ0) is 10.5. The predicted molar refractivity (Wildman–Crippen MR) is 45.9 cm³/mol. The summed E-state index contributed by atoms with van der Waals surface area (Å²) in [5.41, 5.74) is 0. The molecule has 0 aromatic heterocycles. The van der Waals surface area contributed by atoms with Gasteiger partial charge in [-0.25, -0.2) is 0 Å². The van der Waals surface area contributed by atoms with Crippen molar-refractivity contribution in [1.82, 2.24) is 0 Å². The van der Waals surface area contributed by atoms with E-state index in [0.29, 0.717) is 12.8 Å². The average molecular weight is 232 g/mol. The van der Waals surface area contributed by atoms with E-state index in [0.717, 1.165) is 6.42 Å². The minimum Gasteiger partial charge on any atom is -0.263 e. The van der Waals surface area contributed by atoms with Crippen LogP contribution < -0.4 is 0 Å². The summed E-state index contributed by atoms with van der Waals surface area (Å²) < 4.78 is 53.1. The maximum absolute atomic E-state index is 10.8. The second kappa shape index (κ2) is 4.89. The zero-order valence-electron chi connectivity index (χ0n) is 7.13. The molecule has 8 heteroatoms. The first kappa shape index (κ1) is 12.8. The zero-order valence-corrected chi connectivity index (χ0v) is 8.77. The summed E-state index contributed by atoms with van der Waals surface area (Å²) in [5, 5.41) is 0. The molecule has 0 spiro atoms. The molecule has 0 saturated carbocycles. The highest BCUT2D eigenvalue weighted by atomic mass is 32.3. The molecule has 0 bridgehead atoms. The van der Waals surface area contributed by atoms with Gasteiger partial charge >= 0.3 is 10.4 Å². The van der Waals surface area contributed by atoms with Crippen LogP contribution in [0.3, 0.4) is 0 Å². The second-order valence-electron chi connectivity index (χ2n) is 2.46. The van der Waals surface area contributed by atoms with Gasteiger partial charge in [-0.1, -0.05) is 19.8 Å². The van der Waals surface area contributed by atoms with Gasteiger partial charge in [0.05, 0.1) is 5.75 Å². The van der Waals surface area contributed by atoms with Crippen molar-refractivity contribution in [3.05, 3.63) is 0 Å². The molecule has 0 aliphatic heterocycles. The molecule has 80 valence electrons. The summed E-state index contributed by atoms with van der Waals surface area (Å²) in [6, 6.07) is 0. The van der Waals surface area contributed by atoms with E-state index >= 15 is 0 Å². The largest absolute Gasteiger partial charge is 0.412 e. The van der Waals surface area contributed by atoms with E-state index in [1.807, 2.05) is 6.92 Å². The van der Waals surface area contributed by atoms with Gasteiger partial charge in [0.25, 0.3) is 10.1 Å². The highest BCUT2D eigenvalue weighted by Crippen LogP contribution is 2.04. The van der Waals surface area contributed by atoms with Gasteiger partial charge in [0.2, 0.25) is 0 Å². The third kappa shape index (κ3) is 8.16. The lowest BCUT2D eigenvalue weighted by Gasteiger charge is -2.00. The van der Waals surface area contributed by atoms with Crippen LogP contribution in [0.4, 0.5) is 0 Å². The quantitative estimate of drug-likeness (QED) is 0.523. The van der Waals surface area contributed by atoms with Crippen LogP contribution in [0.2, 0.25) is 0 Å². The molecule has 6 nitrogen and oxygen atoms in total. The molecule has 0 fully saturated rings. The molecule has 0 aromatic carbocycles. The molecule has 1 N–H and O–H groups in total. The first-order valence-electron chi connectivity index (χ1n) is 3.68. The molecule has 0 aliphatic carbocycles. The first-order valence-corrected chi connectivity index (χ1v) is 6.62. The Labute approximate surface area is 78.0 Å². The number of unbranched alkanes of at least 4 members (excludes halogenated alkanes) is 2. The average Bonchev–Trinajstić information content (AvgIpc) is 1.81. The minimum atomic E-state index is -4.91. The van der Waals surface area contributed by atoms with Crippen molar-refractivity contribution in [2.45, 2.75) is 26.2 Å². The van der Waals surface area contributed by atoms with Gasteiger partial charge in [-0.05, 0) is 6.42 Å². The Morgan fingerprint density at radius 1 is 1.15 bits per heavy atom. The van der Waals surface area contributed by atoms with Crippen LogP contribution >= 0.6 is 0 Å². The Balaban J connectivity index is 4.12. The van der Waals surface area contributed by atoms with Crippen molar-refractivity contribution in [2.24, 2.45) is 0 Å². The summed E-state index contributed by atoms with van der Waals surface area (Å²) in [5.74, 6) is -0.402. The molecule has 0 atom stereocenters. The first-order chi connectivity index (χ1) is 5.77. The number of hydrogen-bond donors (Lipinski definition) is 1. The molecule has 0 heterocycles. The van der Waals surface area contributed by atoms with Crippen LogP contribution in [0.25, 0.3) is 0 Å². The topological polar surface area (TPSA) is 97.7 Å². The molecular weight excluding hydrogens is 220 g/mol. The molecule has 0 rings (SSSR count). The molecule has 0 saturated heterocycles. The van der Waals surface area contributed by atoms with Crippen molar-refractivity contribution in [1.29, 1.82) is 0 Å². The fraction of sp³-hybridized carbons (Fsp3) is 1.00. The summed E-state index contributed by atoms with van der Waals surface area (Å²) in [4.78, 5) is 0. The van der Waals surface area contributed by atoms with E-state index in [4.69, 9.17) is 4.55 Å².